The van der Waals surface area contributed by atoms with Gasteiger partial charge in [0.15, 0.2) is 5.75 Å². The third-order valence-corrected chi connectivity index (χ3v) is 8.65. The van der Waals surface area contributed by atoms with Gasteiger partial charge in [-0.1, -0.05) is 35.9 Å². The molecule has 0 aliphatic carbocycles. The van der Waals surface area contributed by atoms with Crippen LogP contribution in [0.3, 0.4) is 0 Å². The van der Waals surface area contributed by atoms with E-state index in [1.165, 1.54) is 66.9 Å². The van der Waals surface area contributed by atoms with E-state index < -0.39 is 24.8 Å². The molecule has 0 aliphatic heterocycles. The summed E-state index contributed by atoms with van der Waals surface area (Å²) in [5.41, 5.74) is -0.202. The van der Waals surface area contributed by atoms with Gasteiger partial charge in [-0.05, 0) is 18.6 Å². The Balaban J connectivity index is 2.03. The first-order valence-electron chi connectivity index (χ1n) is 13.1. The molecule has 45 heavy (non-hydrogen) atoms. The maximum atomic E-state index is 14.1. The fourth-order valence-electron chi connectivity index (χ4n) is 4.23. The molecule has 4 aromatic rings. The van der Waals surface area contributed by atoms with E-state index in [4.69, 9.17) is 37.5 Å². The van der Waals surface area contributed by atoms with Crippen molar-refractivity contribution in [2.75, 3.05) is 42.7 Å². The summed E-state index contributed by atoms with van der Waals surface area (Å²) in [7, 11) is 3.94. The van der Waals surface area contributed by atoms with Crippen molar-refractivity contribution in [2.24, 2.45) is 0 Å². The smallest absolute Gasteiger partial charge is 0.343 e. The van der Waals surface area contributed by atoms with Gasteiger partial charge in [0.2, 0.25) is 23.5 Å². The Bertz CT molecular complexity index is 1670. The Labute approximate surface area is 258 Å². The summed E-state index contributed by atoms with van der Waals surface area (Å²) in [5, 5.41) is 10.6. The molecular formula is C29H31N4O11P. The molecule has 0 fully saturated rings. The van der Waals surface area contributed by atoms with Crippen LogP contribution in [0.1, 0.15) is 32.7 Å². The zero-order valence-corrected chi connectivity index (χ0v) is 26.4. The lowest BCUT2D eigenvalue weighted by Gasteiger charge is -2.27. The van der Waals surface area contributed by atoms with Crippen molar-refractivity contribution in [3.8, 4) is 47.0 Å². The molecule has 2 aromatic carbocycles. The number of carboxylic acids is 1. The fourth-order valence-corrected chi connectivity index (χ4v) is 5.88. The van der Waals surface area contributed by atoms with Crippen LogP contribution in [0.5, 0.6) is 47.0 Å². The van der Waals surface area contributed by atoms with Crippen molar-refractivity contribution in [2.45, 2.75) is 12.6 Å². The number of hydrogen-bond donors (Lipinski definition) is 1. The van der Waals surface area contributed by atoms with Crippen LogP contribution in [0.25, 0.3) is 0 Å². The van der Waals surface area contributed by atoms with Crippen molar-refractivity contribution in [1.82, 2.24) is 19.9 Å². The molecule has 16 heteroatoms. The molecule has 0 amide bonds. The number of rotatable bonds is 14. The van der Waals surface area contributed by atoms with Crippen molar-refractivity contribution in [3.05, 3.63) is 70.8 Å². The van der Waals surface area contributed by atoms with E-state index in [0.29, 0.717) is 5.56 Å². The molecule has 0 radical (unpaired) electrons. The van der Waals surface area contributed by atoms with E-state index in [0.717, 1.165) is 5.56 Å². The summed E-state index contributed by atoms with van der Waals surface area (Å²) < 4.78 is 57.8. The van der Waals surface area contributed by atoms with Crippen molar-refractivity contribution < 1.29 is 51.9 Å². The number of carbonyl (C=O) groups is 1. The maximum absolute atomic E-state index is 14.1. The minimum absolute atomic E-state index is 0.0640. The van der Waals surface area contributed by atoms with Gasteiger partial charge in [-0.15, -0.1) is 0 Å². The first-order valence-corrected chi connectivity index (χ1v) is 14.7. The minimum Gasteiger partial charge on any atom is -0.481 e. The van der Waals surface area contributed by atoms with E-state index in [2.05, 4.69) is 19.9 Å². The Hall–Kier alpha value is -4.98. The first-order chi connectivity index (χ1) is 21.6. The van der Waals surface area contributed by atoms with E-state index in [1.54, 1.807) is 24.3 Å². The molecule has 2 heterocycles. The molecule has 2 aromatic heterocycles. The summed E-state index contributed by atoms with van der Waals surface area (Å²) in [4.78, 5) is 29.6. The molecule has 0 spiro atoms. The average Bonchev–Trinajstić information content (AvgIpc) is 3.05. The number of methoxy groups -OCH3 is 4. The highest BCUT2D eigenvalue weighted by molar-refractivity contribution is 7.54. The van der Waals surface area contributed by atoms with Gasteiger partial charge in [0.05, 0.1) is 40.6 Å². The number of carboxylic acid groups (broad SMARTS) is 1. The van der Waals surface area contributed by atoms with Crippen LogP contribution in [-0.4, -0.2) is 73.7 Å². The molecular weight excluding hydrogens is 611 g/mol. The van der Waals surface area contributed by atoms with E-state index in [-0.39, 0.29) is 52.6 Å². The van der Waals surface area contributed by atoms with Gasteiger partial charge >= 0.3 is 25.6 Å². The van der Waals surface area contributed by atoms with Gasteiger partial charge in [-0.25, -0.2) is 4.79 Å². The third-order valence-electron chi connectivity index (χ3n) is 6.43. The van der Waals surface area contributed by atoms with Gasteiger partial charge < -0.3 is 42.6 Å². The highest BCUT2D eigenvalue weighted by atomic mass is 31.2. The van der Waals surface area contributed by atoms with Crippen LogP contribution in [-0.2, 0) is 13.6 Å². The number of nitrogens with zero attached hydrogens (tertiary/aromatic N) is 4. The molecule has 0 saturated heterocycles. The van der Waals surface area contributed by atoms with Crippen LogP contribution in [0.4, 0.5) is 0 Å². The monoisotopic (exact) mass is 642 g/mol. The fraction of sp³-hybridized carbons (Fsp3) is 0.276. The van der Waals surface area contributed by atoms with Crippen LogP contribution < -0.4 is 28.4 Å². The average molecular weight is 643 g/mol. The Kier molecular flexibility index (Phi) is 10.4. The molecule has 15 nitrogen and oxygen atoms in total. The Morgan fingerprint density at radius 3 is 1.60 bits per heavy atom. The highest BCUT2D eigenvalue weighted by Crippen LogP contribution is 2.64. The quantitative estimate of drug-likeness (QED) is 0.171. The van der Waals surface area contributed by atoms with Gasteiger partial charge in [0, 0.05) is 19.8 Å². The van der Waals surface area contributed by atoms with E-state index >= 15 is 0 Å². The van der Waals surface area contributed by atoms with Crippen molar-refractivity contribution in [3.63, 3.8) is 0 Å². The number of ether oxygens (including phenoxy) is 6. The molecule has 1 N–H and O–H groups in total. The van der Waals surface area contributed by atoms with Crippen molar-refractivity contribution in [1.29, 1.82) is 0 Å². The number of aryl methyl sites for hydroxylation is 1. The second-order valence-electron chi connectivity index (χ2n) is 9.06. The second-order valence-corrected chi connectivity index (χ2v) is 11.4. The Morgan fingerprint density at radius 2 is 1.18 bits per heavy atom. The van der Waals surface area contributed by atoms with Crippen molar-refractivity contribution >= 4 is 13.6 Å². The molecule has 1 atom stereocenters. The standard InChI is InChI=1S/C29H31N4O11P/c1-16-8-10-17(11-9-16)26(45(36,41-6)42-7)18-12-13-19(43-28-30-20(37-2)14-21(31-28)38-3)24(27(34)35)25(18)44-29-32-22(39-4)15-23(33-29)40-5/h8-15,26H,1-7H3,(H,34,35). The van der Waals surface area contributed by atoms with Gasteiger partial charge in [-0.2, -0.15) is 19.9 Å². The number of aromatic nitrogens is 4. The summed E-state index contributed by atoms with van der Waals surface area (Å²) in [6, 6.07) is 12.0. The summed E-state index contributed by atoms with van der Waals surface area (Å²) >= 11 is 0. The zero-order chi connectivity index (χ0) is 32.7. The summed E-state index contributed by atoms with van der Waals surface area (Å²) in [6.45, 7) is 1.89. The minimum atomic E-state index is -4.03. The molecule has 238 valence electrons. The van der Waals surface area contributed by atoms with Crippen LogP contribution in [0, 0.1) is 6.92 Å². The highest BCUT2D eigenvalue weighted by Gasteiger charge is 2.41. The molecule has 0 aliphatic rings. The van der Waals surface area contributed by atoms with Crippen LogP contribution in [0.15, 0.2) is 48.5 Å². The van der Waals surface area contributed by atoms with Gasteiger partial charge in [0.25, 0.3) is 0 Å². The normalized spacial score (nSPS) is 11.8. The lowest BCUT2D eigenvalue weighted by Crippen LogP contribution is -2.12. The van der Waals surface area contributed by atoms with E-state index in [1.807, 2.05) is 6.92 Å². The molecule has 0 bridgehead atoms. The number of hydrogen-bond acceptors (Lipinski definition) is 14. The largest absolute Gasteiger partial charge is 0.481 e. The maximum Gasteiger partial charge on any atom is 0.343 e. The summed E-state index contributed by atoms with van der Waals surface area (Å²) in [6.07, 6.45) is 0. The zero-order valence-electron chi connectivity index (χ0n) is 25.5. The summed E-state index contributed by atoms with van der Waals surface area (Å²) in [5.74, 6) is -1.76. The molecule has 1 unspecified atom stereocenters. The van der Waals surface area contributed by atoms with Crippen LogP contribution in [0.2, 0.25) is 0 Å². The Morgan fingerprint density at radius 1 is 0.711 bits per heavy atom. The van der Waals surface area contributed by atoms with E-state index in [9.17, 15) is 14.5 Å². The predicted octanol–water partition coefficient (Wildman–Crippen LogP) is 5.47. The second kappa shape index (κ2) is 14.2. The lowest BCUT2D eigenvalue weighted by molar-refractivity contribution is 0.0690. The topological polar surface area (TPSA) is 180 Å². The lowest BCUT2D eigenvalue weighted by atomic mass is 9.99. The molecule has 4 rings (SSSR count). The SMILES string of the molecule is COc1cc(OC)nc(Oc2ccc(C(c3ccc(C)cc3)P(=O)(OC)OC)c(Oc3nc(OC)cc(OC)n3)c2C(=O)O)n1. The number of aromatic carboxylic acids is 1. The van der Waals surface area contributed by atoms with Crippen LogP contribution >= 0.6 is 7.60 Å². The predicted molar refractivity (Wildman–Crippen MR) is 158 cm³/mol. The van der Waals surface area contributed by atoms with Gasteiger partial charge in [0.1, 0.15) is 17.0 Å². The molecule has 0 saturated carbocycles. The first kappa shape index (κ1) is 32.9. The number of benzene rings is 2. The van der Waals surface area contributed by atoms with Gasteiger partial charge in [-0.3, -0.25) is 4.57 Å². The third kappa shape index (κ3) is 7.23.